The van der Waals surface area contributed by atoms with Gasteiger partial charge < -0.3 is 5.11 Å². The van der Waals surface area contributed by atoms with E-state index in [2.05, 4.69) is 9.98 Å². The number of halogens is 1. The van der Waals surface area contributed by atoms with Crippen molar-refractivity contribution in [2.45, 2.75) is 13.8 Å². The molecule has 3 aromatic rings. The normalized spacial score (nSPS) is 11.2. The zero-order valence-corrected chi connectivity index (χ0v) is 15.9. The van der Waals surface area contributed by atoms with Gasteiger partial charge in [-0.05, 0) is 54.8 Å². The van der Waals surface area contributed by atoms with Gasteiger partial charge in [-0.2, -0.15) is 0 Å². The van der Waals surface area contributed by atoms with E-state index in [4.69, 9.17) is 11.6 Å². The highest BCUT2D eigenvalue weighted by atomic mass is 35.5. The maximum atomic E-state index is 12.3. The summed E-state index contributed by atoms with van der Waals surface area (Å²) in [5.41, 5.74) is 3.36. The Balaban J connectivity index is 1.68. The van der Waals surface area contributed by atoms with Crippen LogP contribution in [0.25, 0.3) is 10.6 Å². The summed E-state index contributed by atoms with van der Waals surface area (Å²) < 4.78 is 0. The number of benzene rings is 2. The first kappa shape index (κ1) is 18.3. The number of phenols is 1. The number of aromatic nitrogens is 1. The molecule has 1 N–H and O–H groups in total. The van der Waals surface area contributed by atoms with Gasteiger partial charge in [0.05, 0.1) is 4.88 Å². The maximum absolute atomic E-state index is 12.3. The quantitative estimate of drug-likeness (QED) is 0.492. The number of aryl methyl sites for hydroxylation is 2. The molecule has 0 radical (unpaired) electrons. The van der Waals surface area contributed by atoms with Crippen molar-refractivity contribution in [1.29, 1.82) is 0 Å². The van der Waals surface area contributed by atoms with Crippen molar-refractivity contribution in [3.8, 4) is 16.3 Å². The average molecular weight is 385 g/mol. The summed E-state index contributed by atoms with van der Waals surface area (Å²) in [7, 11) is 0. The molecule has 1 aromatic heterocycles. The van der Waals surface area contributed by atoms with Crippen LogP contribution in [0.3, 0.4) is 0 Å². The van der Waals surface area contributed by atoms with Gasteiger partial charge in [0.2, 0.25) is 0 Å². The standard InChI is InChI=1S/C20H17ClN2O2S/c1-12-7-14(8-13(2)19(12)25)9-22-10-17(24)18-11-23-20(26-18)15-3-5-16(21)6-4-15/h3-9,11,25H,10H2,1-2H3. The first-order valence-electron chi connectivity index (χ1n) is 7.99. The number of hydrogen-bond acceptors (Lipinski definition) is 5. The lowest BCUT2D eigenvalue weighted by Gasteiger charge is -2.04. The van der Waals surface area contributed by atoms with Gasteiger partial charge in [0, 0.05) is 23.0 Å². The van der Waals surface area contributed by atoms with Crippen LogP contribution in [-0.4, -0.2) is 28.6 Å². The summed E-state index contributed by atoms with van der Waals surface area (Å²) in [6.07, 6.45) is 3.24. The molecule has 0 atom stereocenters. The molecule has 2 aromatic carbocycles. The third-order valence-corrected chi connectivity index (χ3v) is 5.20. The second-order valence-corrected chi connectivity index (χ2v) is 7.40. The monoisotopic (exact) mass is 384 g/mol. The summed E-state index contributed by atoms with van der Waals surface area (Å²) in [4.78, 5) is 21.4. The number of carbonyl (C=O) groups is 1. The number of Topliss-reactive ketones (excluding diaryl/α,β-unsaturated/α-hetero) is 1. The van der Waals surface area contributed by atoms with Gasteiger partial charge in [0.15, 0.2) is 5.78 Å². The van der Waals surface area contributed by atoms with Gasteiger partial charge >= 0.3 is 0 Å². The van der Waals surface area contributed by atoms with E-state index in [0.29, 0.717) is 9.90 Å². The van der Waals surface area contributed by atoms with E-state index in [1.807, 2.05) is 38.1 Å². The van der Waals surface area contributed by atoms with Gasteiger partial charge in [-0.15, -0.1) is 11.3 Å². The Hall–Kier alpha value is -2.50. The molecule has 0 saturated heterocycles. The molecule has 0 aliphatic rings. The lowest BCUT2D eigenvalue weighted by Crippen LogP contribution is -2.01. The smallest absolute Gasteiger partial charge is 0.195 e. The van der Waals surface area contributed by atoms with E-state index >= 15 is 0 Å². The predicted molar refractivity (Wildman–Crippen MR) is 107 cm³/mol. The Morgan fingerprint density at radius 2 is 1.88 bits per heavy atom. The van der Waals surface area contributed by atoms with E-state index in [-0.39, 0.29) is 18.1 Å². The minimum Gasteiger partial charge on any atom is -0.507 e. The Morgan fingerprint density at radius 1 is 1.23 bits per heavy atom. The molecule has 0 fully saturated rings. The molecule has 26 heavy (non-hydrogen) atoms. The number of aliphatic imine (C=N–C) groups is 1. The largest absolute Gasteiger partial charge is 0.507 e. The number of nitrogens with zero attached hydrogens (tertiary/aromatic N) is 2. The fourth-order valence-corrected chi connectivity index (χ4v) is 3.48. The molecule has 4 nitrogen and oxygen atoms in total. The van der Waals surface area contributed by atoms with E-state index < -0.39 is 0 Å². The van der Waals surface area contributed by atoms with Crippen LogP contribution in [0.15, 0.2) is 47.6 Å². The zero-order chi connectivity index (χ0) is 18.7. The van der Waals surface area contributed by atoms with Gasteiger partial charge in [-0.25, -0.2) is 4.98 Å². The van der Waals surface area contributed by atoms with Crippen molar-refractivity contribution in [2.75, 3.05) is 6.54 Å². The Bertz CT molecular complexity index is 955. The van der Waals surface area contributed by atoms with E-state index in [1.165, 1.54) is 11.3 Å². The third kappa shape index (κ3) is 4.18. The van der Waals surface area contributed by atoms with E-state index in [0.717, 1.165) is 27.3 Å². The van der Waals surface area contributed by atoms with Crippen LogP contribution >= 0.6 is 22.9 Å². The highest BCUT2D eigenvalue weighted by Gasteiger charge is 2.11. The molecule has 0 amide bonds. The number of phenolic OH excluding ortho intramolecular Hbond substituents is 1. The summed E-state index contributed by atoms with van der Waals surface area (Å²) in [5.74, 6) is 0.212. The van der Waals surface area contributed by atoms with E-state index in [9.17, 15) is 9.90 Å². The topological polar surface area (TPSA) is 62.5 Å². The molecule has 0 bridgehead atoms. The Labute approximate surface area is 160 Å². The van der Waals surface area contributed by atoms with Crippen molar-refractivity contribution in [3.63, 3.8) is 0 Å². The molecule has 0 saturated carbocycles. The van der Waals surface area contributed by atoms with Crippen LogP contribution < -0.4 is 0 Å². The fraction of sp³-hybridized carbons (Fsp3) is 0.150. The van der Waals surface area contributed by atoms with Gasteiger partial charge in [0.1, 0.15) is 17.3 Å². The molecule has 3 rings (SSSR count). The minimum atomic E-state index is -0.0776. The van der Waals surface area contributed by atoms with Crippen LogP contribution in [0.5, 0.6) is 5.75 Å². The molecule has 0 aliphatic heterocycles. The van der Waals surface area contributed by atoms with Crippen LogP contribution in [0.4, 0.5) is 0 Å². The van der Waals surface area contributed by atoms with E-state index in [1.54, 1.807) is 24.5 Å². The molecular formula is C20H17ClN2O2S. The van der Waals surface area contributed by atoms with Gasteiger partial charge in [0.25, 0.3) is 0 Å². The number of carbonyl (C=O) groups excluding carboxylic acids is 1. The molecule has 6 heteroatoms. The number of thiazole rings is 1. The van der Waals surface area contributed by atoms with Crippen molar-refractivity contribution >= 4 is 34.9 Å². The van der Waals surface area contributed by atoms with Crippen LogP contribution in [0, 0.1) is 13.8 Å². The van der Waals surface area contributed by atoms with Crippen molar-refractivity contribution in [3.05, 3.63) is 69.2 Å². The molecular weight excluding hydrogens is 368 g/mol. The lowest BCUT2D eigenvalue weighted by atomic mass is 10.1. The maximum Gasteiger partial charge on any atom is 0.195 e. The van der Waals surface area contributed by atoms with Crippen LogP contribution in [-0.2, 0) is 0 Å². The number of ketones is 1. The lowest BCUT2D eigenvalue weighted by molar-refractivity contribution is 0.101. The molecule has 0 spiro atoms. The Kier molecular flexibility index (Phi) is 5.49. The van der Waals surface area contributed by atoms with Crippen LogP contribution in [0.2, 0.25) is 5.02 Å². The second-order valence-electron chi connectivity index (χ2n) is 5.93. The average Bonchev–Trinajstić information content (AvgIpc) is 3.10. The number of aromatic hydroxyl groups is 1. The fourth-order valence-electron chi connectivity index (χ4n) is 2.50. The molecule has 0 aliphatic carbocycles. The summed E-state index contributed by atoms with van der Waals surface area (Å²) >= 11 is 7.23. The highest BCUT2D eigenvalue weighted by molar-refractivity contribution is 7.17. The zero-order valence-electron chi connectivity index (χ0n) is 14.4. The van der Waals surface area contributed by atoms with Crippen molar-refractivity contribution in [2.24, 2.45) is 4.99 Å². The van der Waals surface area contributed by atoms with Gasteiger partial charge in [-0.3, -0.25) is 9.79 Å². The first-order chi connectivity index (χ1) is 12.4. The first-order valence-corrected chi connectivity index (χ1v) is 9.18. The highest BCUT2D eigenvalue weighted by Crippen LogP contribution is 2.26. The summed E-state index contributed by atoms with van der Waals surface area (Å²) in [6.45, 7) is 3.72. The molecule has 0 unspecified atom stereocenters. The van der Waals surface area contributed by atoms with Crippen molar-refractivity contribution in [1.82, 2.24) is 4.98 Å². The SMILES string of the molecule is Cc1cc(C=NCC(=O)c2cnc(-c3ccc(Cl)cc3)s2)cc(C)c1O. The number of hydrogen-bond donors (Lipinski definition) is 1. The third-order valence-electron chi connectivity index (χ3n) is 3.86. The molecule has 132 valence electrons. The Morgan fingerprint density at radius 3 is 2.54 bits per heavy atom. The summed E-state index contributed by atoms with van der Waals surface area (Å²) in [5, 5.41) is 11.2. The molecule has 1 heterocycles. The summed E-state index contributed by atoms with van der Waals surface area (Å²) in [6, 6.07) is 11.0. The second kappa shape index (κ2) is 7.81. The van der Waals surface area contributed by atoms with Crippen LogP contribution in [0.1, 0.15) is 26.4 Å². The van der Waals surface area contributed by atoms with Crippen molar-refractivity contribution < 1.29 is 9.90 Å². The predicted octanol–water partition coefficient (Wildman–Crippen LogP) is 5.09. The minimum absolute atomic E-state index is 0.0568. The number of rotatable bonds is 5. The van der Waals surface area contributed by atoms with Gasteiger partial charge in [-0.1, -0.05) is 23.7 Å².